The minimum absolute atomic E-state index is 0.266. The lowest BCUT2D eigenvalue weighted by Gasteiger charge is -2.04. The number of hydrogen-bond donors (Lipinski definition) is 2. The number of aromatic carboxylic acids is 1. The first-order chi connectivity index (χ1) is 8.65. The average Bonchev–Trinajstić information content (AvgIpc) is 2.35. The predicted molar refractivity (Wildman–Crippen MR) is 77.4 cm³/mol. The third kappa shape index (κ3) is 5.42. The Balaban J connectivity index is 2.38. The van der Waals surface area contributed by atoms with Crippen LogP contribution in [0.2, 0.25) is 0 Å². The van der Waals surface area contributed by atoms with Crippen LogP contribution in [0.15, 0.2) is 27.6 Å². The van der Waals surface area contributed by atoms with Gasteiger partial charge in [0.05, 0.1) is 5.56 Å². The molecule has 0 aliphatic rings. The highest BCUT2D eigenvalue weighted by molar-refractivity contribution is 9.10. The molecule has 5 heteroatoms. The molecule has 0 aliphatic carbocycles. The van der Waals surface area contributed by atoms with Crippen molar-refractivity contribution in [3.8, 4) is 0 Å². The smallest absolute Gasteiger partial charge is 0.336 e. The van der Waals surface area contributed by atoms with Crippen LogP contribution >= 0.6 is 27.7 Å². The quantitative estimate of drug-likeness (QED) is 0.561. The molecule has 0 heterocycles. The zero-order chi connectivity index (χ0) is 13.4. The minimum atomic E-state index is -0.910. The Kier molecular flexibility index (Phi) is 7.39. The Hall–Kier alpha value is -0.520. The number of benzene rings is 1. The molecule has 3 nitrogen and oxygen atoms in total. The van der Waals surface area contributed by atoms with E-state index in [1.807, 2.05) is 6.07 Å². The monoisotopic (exact) mass is 332 g/mol. The number of rotatable bonds is 8. The van der Waals surface area contributed by atoms with Crippen molar-refractivity contribution in [2.24, 2.45) is 0 Å². The van der Waals surface area contributed by atoms with Crippen LogP contribution in [-0.4, -0.2) is 28.5 Å². The van der Waals surface area contributed by atoms with E-state index >= 15 is 0 Å². The van der Waals surface area contributed by atoms with E-state index in [1.165, 1.54) is 0 Å². The van der Waals surface area contributed by atoms with Gasteiger partial charge in [-0.3, -0.25) is 0 Å². The van der Waals surface area contributed by atoms with Crippen molar-refractivity contribution in [2.45, 2.75) is 30.6 Å². The topological polar surface area (TPSA) is 57.5 Å². The molecule has 0 radical (unpaired) electrons. The maximum atomic E-state index is 11.0. The number of aliphatic hydroxyl groups excluding tert-OH is 1. The molecule has 0 bridgehead atoms. The van der Waals surface area contributed by atoms with E-state index in [9.17, 15) is 4.79 Å². The molecule has 0 spiro atoms. The van der Waals surface area contributed by atoms with Gasteiger partial charge < -0.3 is 10.2 Å². The lowest BCUT2D eigenvalue weighted by molar-refractivity contribution is 0.0695. The first-order valence-corrected chi connectivity index (χ1v) is 7.69. The number of thioether (sulfide) groups is 1. The zero-order valence-corrected chi connectivity index (χ0v) is 12.5. The van der Waals surface area contributed by atoms with Gasteiger partial charge in [0.15, 0.2) is 0 Å². The maximum absolute atomic E-state index is 11.0. The molecule has 1 aromatic carbocycles. The van der Waals surface area contributed by atoms with Crippen LogP contribution in [0.4, 0.5) is 0 Å². The van der Waals surface area contributed by atoms with Gasteiger partial charge in [0, 0.05) is 16.0 Å². The van der Waals surface area contributed by atoms with Crippen molar-refractivity contribution in [2.75, 3.05) is 12.4 Å². The van der Waals surface area contributed by atoms with E-state index in [1.54, 1.807) is 23.9 Å². The number of unbranched alkanes of at least 4 members (excludes halogenated alkanes) is 3. The summed E-state index contributed by atoms with van der Waals surface area (Å²) in [5.41, 5.74) is 0.306. The van der Waals surface area contributed by atoms with E-state index in [0.717, 1.165) is 36.3 Å². The fourth-order valence-electron chi connectivity index (χ4n) is 1.52. The van der Waals surface area contributed by atoms with Gasteiger partial charge in [0.2, 0.25) is 0 Å². The summed E-state index contributed by atoms with van der Waals surface area (Å²) < 4.78 is 0.613. The third-order valence-corrected chi connectivity index (χ3v) is 4.26. The first kappa shape index (κ1) is 15.5. The highest BCUT2D eigenvalue weighted by Gasteiger charge is 2.08. The molecule has 1 aromatic rings. The Labute approximate surface area is 120 Å². The molecule has 0 aromatic heterocycles. The number of hydrogen-bond acceptors (Lipinski definition) is 3. The van der Waals surface area contributed by atoms with Crippen LogP contribution in [0.25, 0.3) is 0 Å². The number of aliphatic hydroxyl groups is 1. The maximum Gasteiger partial charge on any atom is 0.336 e. The van der Waals surface area contributed by atoms with Crippen LogP contribution in [0.5, 0.6) is 0 Å². The zero-order valence-electron chi connectivity index (χ0n) is 10.1. The summed E-state index contributed by atoms with van der Waals surface area (Å²) >= 11 is 4.90. The van der Waals surface area contributed by atoms with Gasteiger partial charge in [-0.15, -0.1) is 11.8 Å². The van der Waals surface area contributed by atoms with Gasteiger partial charge in [0.1, 0.15) is 0 Å². The van der Waals surface area contributed by atoms with E-state index in [0.29, 0.717) is 10.0 Å². The molecule has 0 amide bonds. The van der Waals surface area contributed by atoms with Crippen LogP contribution in [0.3, 0.4) is 0 Å². The lowest BCUT2D eigenvalue weighted by atomic mass is 10.2. The van der Waals surface area contributed by atoms with Gasteiger partial charge in [-0.1, -0.05) is 12.8 Å². The largest absolute Gasteiger partial charge is 0.478 e. The van der Waals surface area contributed by atoms with Crippen molar-refractivity contribution < 1.29 is 15.0 Å². The van der Waals surface area contributed by atoms with Crippen molar-refractivity contribution in [1.29, 1.82) is 0 Å². The molecule has 0 saturated heterocycles. The van der Waals surface area contributed by atoms with Crippen LogP contribution in [-0.2, 0) is 0 Å². The summed E-state index contributed by atoms with van der Waals surface area (Å²) in [6.45, 7) is 0.266. The molecule has 2 N–H and O–H groups in total. The molecule has 0 aliphatic heterocycles. The predicted octanol–water partition coefficient (Wildman–Crippen LogP) is 3.79. The number of carboxylic acids is 1. The average molecular weight is 333 g/mol. The van der Waals surface area contributed by atoms with E-state index in [4.69, 9.17) is 10.2 Å². The molecule has 0 fully saturated rings. The summed E-state index contributed by atoms with van der Waals surface area (Å²) in [5, 5.41) is 17.6. The van der Waals surface area contributed by atoms with Crippen molar-refractivity contribution >= 4 is 33.7 Å². The molecule has 0 atom stereocenters. The van der Waals surface area contributed by atoms with Crippen LogP contribution in [0.1, 0.15) is 36.0 Å². The highest BCUT2D eigenvalue weighted by atomic mass is 79.9. The Morgan fingerprint density at radius 1 is 1.22 bits per heavy atom. The SMILES string of the molecule is O=C(O)c1cc(SCCCCCCO)ccc1Br. The molecule has 0 unspecified atom stereocenters. The van der Waals surface area contributed by atoms with Gasteiger partial charge in [0.25, 0.3) is 0 Å². The third-order valence-electron chi connectivity index (χ3n) is 2.49. The number of carboxylic acid groups (broad SMARTS) is 1. The summed E-state index contributed by atoms with van der Waals surface area (Å²) in [6.07, 6.45) is 4.11. The van der Waals surface area contributed by atoms with Gasteiger partial charge >= 0.3 is 5.97 Å². The molecule has 18 heavy (non-hydrogen) atoms. The van der Waals surface area contributed by atoms with Gasteiger partial charge in [-0.2, -0.15) is 0 Å². The molecule has 1 rings (SSSR count). The summed E-state index contributed by atoms with van der Waals surface area (Å²) in [4.78, 5) is 11.9. The molecule has 0 saturated carbocycles. The van der Waals surface area contributed by atoms with Crippen molar-refractivity contribution in [3.63, 3.8) is 0 Å². The van der Waals surface area contributed by atoms with E-state index in [-0.39, 0.29) is 6.61 Å². The van der Waals surface area contributed by atoms with Crippen LogP contribution in [0, 0.1) is 0 Å². The van der Waals surface area contributed by atoms with Crippen molar-refractivity contribution in [1.82, 2.24) is 0 Å². The number of halogens is 1. The first-order valence-electron chi connectivity index (χ1n) is 5.91. The molecule has 100 valence electrons. The Morgan fingerprint density at radius 3 is 2.61 bits per heavy atom. The fraction of sp³-hybridized carbons (Fsp3) is 0.462. The number of carbonyl (C=O) groups is 1. The highest BCUT2D eigenvalue weighted by Crippen LogP contribution is 2.25. The molecular weight excluding hydrogens is 316 g/mol. The minimum Gasteiger partial charge on any atom is -0.478 e. The second kappa shape index (κ2) is 8.56. The van der Waals surface area contributed by atoms with Gasteiger partial charge in [-0.05, 0) is 52.7 Å². The normalized spacial score (nSPS) is 10.6. The van der Waals surface area contributed by atoms with Gasteiger partial charge in [-0.25, -0.2) is 4.79 Å². The Morgan fingerprint density at radius 2 is 1.94 bits per heavy atom. The summed E-state index contributed by atoms with van der Waals surface area (Å²) in [5.74, 6) is 0.0684. The van der Waals surface area contributed by atoms with E-state index < -0.39 is 5.97 Å². The van der Waals surface area contributed by atoms with E-state index in [2.05, 4.69) is 15.9 Å². The Bertz CT molecular complexity index is 396. The van der Waals surface area contributed by atoms with Crippen molar-refractivity contribution in [3.05, 3.63) is 28.2 Å². The summed E-state index contributed by atoms with van der Waals surface area (Å²) in [7, 11) is 0. The fourth-order valence-corrected chi connectivity index (χ4v) is 2.88. The second-order valence-electron chi connectivity index (χ2n) is 3.93. The standard InChI is InChI=1S/C13H17BrO3S/c14-12-6-5-10(9-11(12)13(16)17)18-8-4-2-1-3-7-15/h5-6,9,15H,1-4,7-8H2,(H,16,17). The van der Waals surface area contributed by atoms with Crippen LogP contribution < -0.4 is 0 Å². The molecular formula is C13H17BrO3S. The second-order valence-corrected chi connectivity index (χ2v) is 5.96. The summed E-state index contributed by atoms with van der Waals surface area (Å²) in [6, 6.07) is 5.40. The lowest BCUT2D eigenvalue weighted by Crippen LogP contribution is -1.97.